The first-order valence-corrected chi connectivity index (χ1v) is 10.8. The van der Waals surface area contributed by atoms with E-state index in [1.165, 1.54) is 18.4 Å². The normalized spacial score (nSPS) is 21.6. The number of nitrogens with zero attached hydrogens (tertiary/aromatic N) is 3. The van der Waals surface area contributed by atoms with Crippen LogP contribution in [-0.4, -0.2) is 53.5 Å². The fourth-order valence-electron chi connectivity index (χ4n) is 4.20. The van der Waals surface area contributed by atoms with Crippen molar-refractivity contribution < 1.29 is 9.53 Å². The zero-order valence-corrected chi connectivity index (χ0v) is 17.6. The molecular weight excluding hydrogens is 386 g/mol. The molecule has 2 aromatic rings. The number of likely N-dealkylation sites (tertiary alicyclic amines) is 1. The standard InChI is InChI=1S/C23H28ClN3O2/c1-26(23(28)18-5-4-8-25-14-18)15-17-11-21(12-17)29-20-7-6-19(22(24)13-20)16-27-9-2-3-10-27/h4-8,13-14,17,21H,2-3,9-12,15-16H2,1H3. The molecule has 1 saturated carbocycles. The van der Waals surface area contributed by atoms with Crippen molar-refractivity contribution in [1.29, 1.82) is 0 Å². The van der Waals surface area contributed by atoms with Crippen LogP contribution in [0.4, 0.5) is 0 Å². The zero-order chi connectivity index (χ0) is 20.2. The smallest absolute Gasteiger partial charge is 0.255 e. The lowest BCUT2D eigenvalue weighted by atomic mass is 9.82. The molecule has 1 aliphatic heterocycles. The van der Waals surface area contributed by atoms with Crippen molar-refractivity contribution in [2.24, 2.45) is 5.92 Å². The van der Waals surface area contributed by atoms with Crippen LogP contribution in [0.15, 0.2) is 42.7 Å². The van der Waals surface area contributed by atoms with Gasteiger partial charge in [0.1, 0.15) is 5.75 Å². The molecule has 0 N–H and O–H groups in total. The number of hydrogen-bond donors (Lipinski definition) is 0. The lowest BCUT2D eigenvalue weighted by Crippen LogP contribution is -2.41. The number of carbonyl (C=O) groups is 1. The predicted molar refractivity (Wildman–Crippen MR) is 114 cm³/mol. The quantitative estimate of drug-likeness (QED) is 0.680. The van der Waals surface area contributed by atoms with Crippen LogP contribution in [0.3, 0.4) is 0 Å². The topological polar surface area (TPSA) is 45.7 Å². The Balaban J connectivity index is 1.23. The molecule has 0 unspecified atom stereocenters. The van der Waals surface area contributed by atoms with E-state index in [2.05, 4.69) is 16.0 Å². The molecule has 0 radical (unpaired) electrons. The summed E-state index contributed by atoms with van der Waals surface area (Å²) in [6.45, 7) is 3.98. The summed E-state index contributed by atoms with van der Waals surface area (Å²) in [5.41, 5.74) is 1.80. The Morgan fingerprint density at radius 2 is 2.07 bits per heavy atom. The predicted octanol–water partition coefficient (Wildman–Crippen LogP) is 4.26. The SMILES string of the molecule is CN(CC1CC(Oc2ccc(CN3CCCC3)c(Cl)c2)C1)C(=O)c1cccnc1. The van der Waals surface area contributed by atoms with Crippen molar-refractivity contribution >= 4 is 17.5 Å². The Bertz CT molecular complexity index is 833. The number of halogens is 1. The first-order chi connectivity index (χ1) is 14.1. The third-order valence-corrected chi connectivity index (χ3v) is 6.25. The van der Waals surface area contributed by atoms with Gasteiger partial charge in [-0.15, -0.1) is 0 Å². The van der Waals surface area contributed by atoms with Crippen molar-refractivity contribution in [1.82, 2.24) is 14.8 Å². The van der Waals surface area contributed by atoms with E-state index in [9.17, 15) is 4.79 Å². The van der Waals surface area contributed by atoms with Gasteiger partial charge in [0.25, 0.3) is 5.91 Å². The average molecular weight is 414 g/mol. The van der Waals surface area contributed by atoms with E-state index in [1.54, 1.807) is 29.4 Å². The number of pyridine rings is 1. The lowest BCUT2D eigenvalue weighted by Gasteiger charge is -2.37. The molecule has 1 aliphatic carbocycles. The third kappa shape index (κ3) is 5.09. The molecule has 1 saturated heterocycles. The average Bonchev–Trinajstić information content (AvgIpc) is 3.21. The number of carbonyl (C=O) groups excluding carboxylic acids is 1. The molecule has 2 heterocycles. The molecule has 1 amide bonds. The molecule has 154 valence electrons. The van der Waals surface area contributed by atoms with Gasteiger partial charge >= 0.3 is 0 Å². The highest BCUT2D eigenvalue weighted by molar-refractivity contribution is 6.31. The molecule has 0 bridgehead atoms. The molecule has 2 fully saturated rings. The number of ether oxygens (including phenoxy) is 1. The van der Waals surface area contributed by atoms with Gasteiger partial charge in [0.05, 0.1) is 11.7 Å². The fourth-order valence-corrected chi connectivity index (χ4v) is 4.43. The summed E-state index contributed by atoms with van der Waals surface area (Å²) in [5, 5.41) is 0.784. The van der Waals surface area contributed by atoms with Crippen LogP contribution in [0, 0.1) is 5.92 Å². The largest absolute Gasteiger partial charge is 0.490 e. The monoisotopic (exact) mass is 413 g/mol. The maximum Gasteiger partial charge on any atom is 0.255 e. The Hall–Kier alpha value is -2.11. The van der Waals surface area contributed by atoms with E-state index >= 15 is 0 Å². The minimum Gasteiger partial charge on any atom is -0.490 e. The van der Waals surface area contributed by atoms with Gasteiger partial charge in [0.15, 0.2) is 0 Å². The summed E-state index contributed by atoms with van der Waals surface area (Å²) in [5.74, 6) is 1.32. The number of amides is 1. The highest BCUT2D eigenvalue weighted by atomic mass is 35.5. The van der Waals surface area contributed by atoms with Crippen molar-refractivity contribution in [2.45, 2.75) is 38.3 Å². The van der Waals surface area contributed by atoms with Gasteiger partial charge in [-0.2, -0.15) is 0 Å². The minimum atomic E-state index is 0.0165. The number of hydrogen-bond acceptors (Lipinski definition) is 4. The second-order valence-electron chi connectivity index (χ2n) is 8.24. The molecule has 0 atom stereocenters. The van der Waals surface area contributed by atoms with E-state index in [4.69, 9.17) is 16.3 Å². The first kappa shape index (κ1) is 20.2. The molecule has 29 heavy (non-hydrogen) atoms. The highest BCUT2D eigenvalue weighted by Crippen LogP contribution is 2.33. The fraction of sp³-hybridized carbons (Fsp3) is 0.478. The first-order valence-electron chi connectivity index (χ1n) is 10.4. The molecule has 6 heteroatoms. The second kappa shape index (κ2) is 9.14. The Morgan fingerprint density at radius 3 is 2.76 bits per heavy atom. The summed E-state index contributed by atoms with van der Waals surface area (Å²) in [4.78, 5) is 20.7. The number of benzene rings is 1. The zero-order valence-electron chi connectivity index (χ0n) is 16.9. The van der Waals surface area contributed by atoms with E-state index in [0.29, 0.717) is 11.5 Å². The maximum absolute atomic E-state index is 12.4. The van der Waals surface area contributed by atoms with Crippen LogP contribution in [0.2, 0.25) is 5.02 Å². The van der Waals surface area contributed by atoms with E-state index < -0.39 is 0 Å². The number of aromatic nitrogens is 1. The van der Waals surface area contributed by atoms with Gasteiger partial charge in [0.2, 0.25) is 0 Å². The second-order valence-corrected chi connectivity index (χ2v) is 8.65. The lowest BCUT2D eigenvalue weighted by molar-refractivity contribution is 0.0419. The van der Waals surface area contributed by atoms with Crippen molar-refractivity contribution in [3.63, 3.8) is 0 Å². The molecule has 1 aromatic carbocycles. The van der Waals surface area contributed by atoms with E-state index in [-0.39, 0.29) is 12.0 Å². The van der Waals surface area contributed by atoms with Crippen LogP contribution >= 0.6 is 11.6 Å². The Labute approximate surface area is 177 Å². The maximum atomic E-state index is 12.4. The Kier molecular flexibility index (Phi) is 6.36. The Morgan fingerprint density at radius 1 is 1.28 bits per heavy atom. The summed E-state index contributed by atoms with van der Waals surface area (Å²) in [7, 11) is 1.85. The summed E-state index contributed by atoms with van der Waals surface area (Å²) in [6, 6.07) is 9.65. The summed E-state index contributed by atoms with van der Waals surface area (Å²) >= 11 is 6.49. The number of rotatable bonds is 7. The van der Waals surface area contributed by atoms with Gasteiger partial charge < -0.3 is 9.64 Å². The van der Waals surface area contributed by atoms with Gasteiger partial charge in [-0.1, -0.05) is 17.7 Å². The van der Waals surface area contributed by atoms with Crippen LogP contribution in [0.1, 0.15) is 41.6 Å². The molecule has 5 nitrogen and oxygen atoms in total. The van der Waals surface area contributed by atoms with Crippen LogP contribution in [0.25, 0.3) is 0 Å². The molecular formula is C23H28ClN3O2. The van der Waals surface area contributed by atoms with Crippen LogP contribution < -0.4 is 4.74 Å². The van der Waals surface area contributed by atoms with E-state index in [1.807, 2.05) is 19.2 Å². The van der Waals surface area contributed by atoms with Crippen molar-refractivity contribution in [3.8, 4) is 5.75 Å². The third-order valence-electron chi connectivity index (χ3n) is 5.90. The molecule has 4 rings (SSSR count). The van der Waals surface area contributed by atoms with Crippen molar-refractivity contribution in [3.05, 3.63) is 58.9 Å². The van der Waals surface area contributed by atoms with Crippen molar-refractivity contribution in [2.75, 3.05) is 26.7 Å². The summed E-state index contributed by atoms with van der Waals surface area (Å²) < 4.78 is 6.10. The van der Waals surface area contributed by atoms with Crippen LogP contribution in [0.5, 0.6) is 5.75 Å². The highest BCUT2D eigenvalue weighted by Gasteiger charge is 2.32. The van der Waals surface area contributed by atoms with Gasteiger partial charge in [-0.25, -0.2) is 0 Å². The van der Waals surface area contributed by atoms with Gasteiger partial charge in [-0.3, -0.25) is 14.7 Å². The molecule has 1 aromatic heterocycles. The van der Waals surface area contributed by atoms with E-state index in [0.717, 1.165) is 49.8 Å². The molecule has 2 aliphatic rings. The minimum absolute atomic E-state index is 0.0165. The van der Waals surface area contributed by atoms with Crippen LogP contribution in [-0.2, 0) is 6.54 Å². The van der Waals surface area contributed by atoms with Gasteiger partial charge in [0, 0.05) is 37.6 Å². The molecule has 0 spiro atoms. The van der Waals surface area contributed by atoms with Gasteiger partial charge in [-0.05, 0) is 74.5 Å². The summed E-state index contributed by atoms with van der Waals surface area (Å²) in [6.07, 6.45) is 7.96.